The standard InChI is InChI=1S/C23H18N6O3S/c30-23(25-13-16-5-11-19(12-6-16)29-15-24-14-26-29)17-7-9-18(10-8-17)27-22-20-3-1-2-4-21(20)33(31,32)28-22/h1-12,14-15H,13H2,(H,25,30)(H,27,28). The molecule has 1 aromatic heterocycles. The monoisotopic (exact) mass is 458 g/mol. The van der Waals surface area contributed by atoms with Gasteiger partial charge >= 0.3 is 0 Å². The predicted octanol–water partition coefficient (Wildman–Crippen LogP) is 2.76. The van der Waals surface area contributed by atoms with Gasteiger partial charge in [0.15, 0.2) is 5.84 Å². The molecule has 0 radical (unpaired) electrons. The topological polar surface area (TPSA) is 118 Å². The van der Waals surface area contributed by atoms with Gasteiger partial charge < -0.3 is 10.6 Å². The van der Waals surface area contributed by atoms with Crippen LogP contribution in [0.25, 0.3) is 5.69 Å². The van der Waals surface area contributed by atoms with E-state index < -0.39 is 10.0 Å². The van der Waals surface area contributed by atoms with Crippen LogP contribution in [0.4, 0.5) is 5.69 Å². The minimum Gasteiger partial charge on any atom is -0.348 e. The van der Waals surface area contributed by atoms with E-state index in [4.69, 9.17) is 0 Å². The van der Waals surface area contributed by atoms with Crippen molar-refractivity contribution >= 4 is 27.5 Å². The molecule has 0 atom stereocenters. The molecule has 0 spiro atoms. The molecule has 0 saturated carbocycles. The molecule has 3 aromatic carbocycles. The maximum absolute atomic E-state index is 12.5. The maximum Gasteiger partial charge on any atom is 0.285 e. The van der Waals surface area contributed by atoms with E-state index in [2.05, 4.69) is 25.1 Å². The van der Waals surface area contributed by atoms with E-state index in [1.807, 2.05) is 24.3 Å². The molecule has 4 aromatic rings. The highest BCUT2D eigenvalue weighted by molar-refractivity contribution is 7.90. The molecule has 0 unspecified atom stereocenters. The van der Waals surface area contributed by atoms with Gasteiger partial charge in [0.25, 0.3) is 15.9 Å². The van der Waals surface area contributed by atoms with Crippen LogP contribution in [-0.2, 0) is 16.6 Å². The Hall–Kier alpha value is -4.31. The number of amides is 1. The smallest absolute Gasteiger partial charge is 0.285 e. The van der Waals surface area contributed by atoms with E-state index in [0.29, 0.717) is 23.4 Å². The van der Waals surface area contributed by atoms with Crippen molar-refractivity contribution in [3.8, 4) is 5.69 Å². The van der Waals surface area contributed by atoms with Gasteiger partial charge in [-0.05, 0) is 54.1 Å². The SMILES string of the molecule is O=C(NCc1ccc(-n2cncn2)cc1)c1ccc(NC2=NS(=O)(=O)c3ccccc32)cc1. The van der Waals surface area contributed by atoms with Crippen LogP contribution >= 0.6 is 0 Å². The Balaban J connectivity index is 1.21. The molecule has 0 bridgehead atoms. The quantitative estimate of drug-likeness (QED) is 0.475. The fraction of sp³-hybridized carbons (Fsp3) is 0.0435. The fourth-order valence-electron chi connectivity index (χ4n) is 3.43. The minimum atomic E-state index is -3.69. The van der Waals surface area contributed by atoms with E-state index in [1.165, 1.54) is 12.4 Å². The lowest BCUT2D eigenvalue weighted by Gasteiger charge is -2.09. The predicted molar refractivity (Wildman–Crippen MR) is 123 cm³/mol. The van der Waals surface area contributed by atoms with E-state index in [-0.39, 0.29) is 16.6 Å². The van der Waals surface area contributed by atoms with Crippen LogP contribution in [0.2, 0.25) is 0 Å². The van der Waals surface area contributed by atoms with Crippen molar-refractivity contribution in [2.45, 2.75) is 11.4 Å². The van der Waals surface area contributed by atoms with Crippen LogP contribution < -0.4 is 10.6 Å². The summed E-state index contributed by atoms with van der Waals surface area (Å²) in [7, 11) is -3.69. The second-order valence-corrected chi connectivity index (χ2v) is 8.88. The van der Waals surface area contributed by atoms with Gasteiger partial charge in [-0.3, -0.25) is 4.79 Å². The average molecular weight is 459 g/mol. The second kappa shape index (κ2) is 8.32. The van der Waals surface area contributed by atoms with Gasteiger partial charge in [0.1, 0.15) is 17.6 Å². The van der Waals surface area contributed by atoms with Crippen molar-refractivity contribution in [3.05, 3.63) is 102 Å². The summed E-state index contributed by atoms with van der Waals surface area (Å²) in [5.41, 5.74) is 3.47. The fourth-order valence-corrected chi connectivity index (χ4v) is 4.61. The molecule has 10 heteroatoms. The molecule has 33 heavy (non-hydrogen) atoms. The van der Waals surface area contributed by atoms with Crippen LogP contribution in [0.5, 0.6) is 0 Å². The number of hydrogen-bond donors (Lipinski definition) is 2. The second-order valence-electron chi connectivity index (χ2n) is 7.30. The van der Waals surface area contributed by atoms with E-state index in [0.717, 1.165) is 11.3 Å². The molecule has 0 aliphatic carbocycles. The number of aromatic nitrogens is 3. The molecule has 0 fully saturated rings. The van der Waals surface area contributed by atoms with Gasteiger partial charge in [0.05, 0.1) is 5.69 Å². The van der Waals surface area contributed by atoms with Gasteiger partial charge in [-0.2, -0.15) is 13.5 Å². The number of carbonyl (C=O) groups is 1. The van der Waals surface area contributed by atoms with Crippen LogP contribution in [0.15, 0.2) is 94.7 Å². The van der Waals surface area contributed by atoms with Gasteiger partial charge in [-0.1, -0.05) is 24.3 Å². The number of amidine groups is 1. The van der Waals surface area contributed by atoms with Gasteiger partial charge in [0.2, 0.25) is 0 Å². The third-order valence-electron chi connectivity index (χ3n) is 5.11. The zero-order valence-corrected chi connectivity index (χ0v) is 18.0. The number of anilines is 1. The molecule has 1 amide bonds. The Kier molecular flexibility index (Phi) is 5.19. The Morgan fingerprint density at radius 1 is 0.939 bits per heavy atom. The molecule has 9 nitrogen and oxygen atoms in total. The van der Waals surface area contributed by atoms with Crippen molar-refractivity contribution in [1.82, 2.24) is 20.1 Å². The van der Waals surface area contributed by atoms with E-state index in [9.17, 15) is 13.2 Å². The van der Waals surface area contributed by atoms with Crippen LogP contribution in [0.1, 0.15) is 21.5 Å². The number of rotatable bonds is 5. The third-order valence-corrected chi connectivity index (χ3v) is 6.45. The summed E-state index contributed by atoms with van der Waals surface area (Å²) in [6.07, 6.45) is 3.09. The summed E-state index contributed by atoms with van der Waals surface area (Å²) >= 11 is 0. The molecule has 164 valence electrons. The zero-order chi connectivity index (χ0) is 22.8. The van der Waals surface area contributed by atoms with Crippen molar-refractivity contribution < 1.29 is 13.2 Å². The molecular formula is C23H18N6O3S. The Bertz CT molecular complexity index is 1450. The maximum atomic E-state index is 12.5. The summed E-state index contributed by atoms with van der Waals surface area (Å²) in [6, 6.07) is 21.0. The van der Waals surface area contributed by atoms with Gasteiger partial charge in [0, 0.05) is 23.4 Å². The number of nitrogens with one attached hydrogen (secondary N) is 2. The van der Waals surface area contributed by atoms with Crippen molar-refractivity contribution in [2.24, 2.45) is 4.40 Å². The molecule has 5 rings (SSSR count). The number of carbonyl (C=O) groups excluding carboxylic acids is 1. The molecule has 2 heterocycles. The lowest BCUT2D eigenvalue weighted by Crippen LogP contribution is -2.22. The van der Waals surface area contributed by atoms with Gasteiger partial charge in [-0.15, -0.1) is 4.40 Å². The summed E-state index contributed by atoms with van der Waals surface area (Å²) in [5, 5.41) is 9.99. The van der Waals surface area contributed by atoms with Crippen LogP contribution in [-0.4, -0.2) is 34.9 Å². The van der Waals surface area contributed by atoms with Crippen molar-refractivity contribution in [1.29, 1.82) is 0 Å². The summed E-state index contributed by atoms with van der Waals surface area (Å²) in [5.74, 6) is 0.0465. The third kappa shape index (κ3) is 4.23. The number of benzene rings is 3. The molecular weight excluding hydrogens is 440 g/mol. The number of sulfonamides is 1. The first-order chi connectivity index (χ1) is 16.0. The Morgan fingerprint density at radius 2 is 1.70 bits per heavy atom. The highest BCUT2D eigenvalue weighted by atomic mass is 32.2. The van der Waals surface area contributed by atoms with E-state index >= 15 is 0 Å². The first-order valence-corrected chi connectivity index (χ1v) is 11.5. The highest BCUT2D eigenvalue weighted by Crippen LogP contribution is 2.26. The Labute approximate surface area is 189 Å². The molecule has 0 saturated heterocycles. The van der Waals surface area contributed by atoms with Crippen LogP contribution in [0.3, 0.4) is 0 Å². The van der Waals surface area contributed by atoms with E-state index in [1.54, 1.807) is 53.5 Å². The Morgan fingerprint density at radius 3 is 2.42 bits per heavy atom. The first-order valence-electron chi connectivity index (χ1n) is 10.0. The average Bonchev–Trinajstić information content (AvgIpc) is 3.46. The van der Waals surface area contributed by atoms with Crippen molar-refractivity contribution in [3.63, 3.8) is 0 Å². The number of hydrogen-bond acceptors (Lipinski definition) is 6. The zero-order valence-electron chi connectivity index (χ0n) is 17.2. The summed E-state index contributed by atoms with van der Waals surface area (Å²) in [6.45, 7) is 0.377. The lowest BCUT2D eigenvalue weighted by molar-refractivity contribution is 0.0951. The van der Waals surface area contributed by atoms with Gasteiger partial charge in [-0.25, -0.2) is 9.67 Å². The first kappa shape index (κ1) is 20.6. The minimum absolute atomic E-state index is 0.179. The molecule has 1 aliphatic rings. The molecule has 2 N–H and O–H groups in total. The largest absolute Gasteiger partial charge is 0.348 e. The highest BCUT2D eigenvalue weighted by Gasteiger charge is 2.28. The normalized spacial score (nSPS) is 13.8. The summed E-state index contributed by atoms with van der Waals surface area (Å²) < 4.78 is 29.8. The summed E-state index contributed by atoms with van der Waals surface area (Å²) in [4.78, 5) is 16.6. The number of fused-ring (bicyclic) bond motifs is 1. The van der Waals surface area contributed by atoms with Crippen molar-refractivity contribution in [2.75, 3.05) is 5.32 Å². The molecule has 1 aliphatic heterocycles. The number of nitrogens with zero attached hydrogens (tertiary/aromatic N) is 4. The lowest BCUT2D eigenvalue weighted by atomic mass is 10.1. The van der Waals surface area contributed by atoms with Crippen LogP contribution in [0, 0.1) is 0 Å².